The molecular formula is C16H22N2. The standard InChI is InChI=1S/C16H22N2/c1-18(2)12-6-11-17-13-15-9-5-8-14-7-3-4-10-16(14)15/h3-5,7-10,17H,6,11-13H2,1-2H3. The Labute approximate surface area is 110 Å². The van der Waals surface area contributed by atoms with Crippen LogP contribution < -0.4 is 5.32 Å². The minimum atomic E-state index is 0.953. The van der Waals surface area contributed by atoms with E-state index in [0.717, 1.165) is 19.6 Å². The number of hydrogen-bond acceptors (Lipinski definition) is 2. The van der Waals surface area contributed by atoms with Crippen LogP contribution in [0.4, 0.5) is 0 Å². The van der Waals surface area contributed by atoms with Crippen molar-refractivity contribution in [3.8, 4) is 0 Å². The SMILES string of the molecule is CN(C)CCCNCc1cccc2ccccc12. The van der Waals surface area contributed by atoms with Crippen LogP contribution in [0.2, 0.25) is 0 Å². The Balaban J connectivity index is 1.91. The van der Waals surface area contributed by atoms with E-state index in [-0.39, 0.29) is 0 Å². The molecule has 2 nitrogen and oxygen atoms in total. The van der Waals surface area contributed by atoms with Crippen LogP contribution in [0.5, 0.6) is 0 Å². The Bertz CT molecular complexity index is 486. The van der Waals surface area contributed by atoms with Crippen LogP contribution in [-0.2, 0) is 6.54 Å². The van der Waals surface area contributed by atoms with Gasteiger partial charge >= 0.3 is 0 Å². The second-order valence-electron chi connectivity index (χ2n) is 4.97. The third-order valence-corrected chi connectivity index (χ3v) is 3.15. The number of benzene rings is 2. The Morgan fingerprint density at radius 2 is 1.78 bits per heavy atom. The lowest BCUT2D eigenvalue weighted by Gasteiger charge is -2.11. The summed E-state index contributed by atoms with van der Waals surface area (Å²) in [6, 6.07) is 15.1. The molecule has 0 radical (unpaired) electrons. The molecule has 0 aliphatic rings. The molecule has 0 atom stereocenters. The van der Waals surface area contributed by atoms with Gasteiger partial charge in [-0.05, 0) is 49.9 Å². The van der Waals surface area contributed by atoms with E-state index in [4.69, 9.17) is 0 Å². The minimum absolute atomic E-state index is 0.953. The third kappa shape index (κ3) is 3.56. The quantitative estimate of drug-likeness (QED) is 0.784. The first kappa shape index (κ1) is 13.1. The van der Waals surface area contributed by atoms with Gasteiger partial charge in [0, 0.05) is 6.54 Å². The first-order valence-electron chi connectivity index (χ1n) is 6.59. The fourth-order valence-corrected chi connectivity index (χ4v) is 2.19. The summed E-state index contributed by atoms with van der Waals surface area (Å²) in [4.78, 5) is 2.22. The first-order valence-corrected chi connectivity index (χ1v) is 6.59. The molecule has 0 fully saturated rings. The molecule has 0 spiro atoms. The molecule has 0 aliphatic carbocycles. The van der Waals surface area contributed by atoms with E-state index in [1.54, 1.807) is 0 Å². The van der Waals surface area contributed by atoms with Gasteiger partial charge in [0.1, 0.15) is 0 Å². The Hall–Kier alpha value is -1.38. The summed E-state index contributed by atoms with van der Waals surface area (Å²) in [7, 11) is 4.23. The van der Waals surface area contributed by atoms with Gasteiger partial charge in [0.25, 0.3) is 0 Å². The largest absolute Gasteiger partial charge is 0.313 e. The van der Waals surface area contributed by atoms with Crippen molar-refractivity contribution in [3.05, 3.63) is 48.0 Å². The number of rotatable bonds is 6. The molecule has 0 aliphatic heterocycles. The molecule has 18 heavy (non-hydrogen) atoms. The Morgan fingerprint density at radius 3 is 2.61 bits per heavy atom. The molecule has 0 unspecified atom stereocenters. The Morgan fingerprint density at radius 1 is 1.00 bits per heavy atom. The fraction of sp³-hybridized carbons (Fsp3) is 0.375. The molecule has 2 aromatic rings. The van der Waals surface area contributed by atoms with Crippen molar-refractivity contribution in [3.63, 3.8) is 0 Å². The monoisotopic (exact) mass is 242 g/mol. The van der Waals surface area contributed by atoms with Gasteiger partial charge in [-0.3, -0.25) is 0 Å². The Kier molecular flexibility index (Phi) is 4.73. The van der Waals surface area contributed by atoms with Crippen LogP contribution in [0.3, 0.4) is 0 Å². The molecule has 1 N–H and O–H groups in total. The van der Waals surface area contributed by atoms with E-state index < -0.39 is 0 Å². The summed E-state index contributed by atoms with van der Waals surface area (Å²) in [5.41, 5.74) is 1.39. The van der Waals surface area contributed by atoms with Crippen LogP contribution in [0, 0.1) is 0 Å². The first-order chi connectivity index (χ1) is 8.77. The molecule has 96 valence electrons. The lowest BCUT2D eigenvalue weighted by Crippen LogP contribution is -2.21. The second kappa shape index (κ2) is 6.53. The topological polar surface area (TPSA) is 15.3 Å². The molecule has 0 amide bonds. The normalized spacial score (nSPS) is 11.3. The minimum Gasteiger partial charge on any atom is -0.313 e. The molecule has 0 bridgehead atoms. The highest BCUT2D eigenvalue weighted by Gasteiger charge is 1.99. The molecule has 2 heteroatoms. The third-order valence-electron chi connectivity index (χ3n) is 3.15. The van der Waals surface area contributed by atoms with Crippen molar-refractivity contribution in [2.24, 2.45) is 0 Å². The molecule has 0 saturated heterocycles. The zero-order valence-electron chi connectivity index (χ0n) is 11.3. The molecule has 0 aromatic heterocycles. The maximum atomic E-state index is 3.52. The van der Waals surface area contributed by atoms with Crippen molar-refractivity contribution in [1.82, 2.24) is 10.2 Å². The number of nitrogens with one attached hydrogen (secondary N) is 1. The molecule has 0 saturated carbocycles. The highest BCUT2D eigenvalue weighted by Crippen LogP contribution is 2.18. The maximum absolute atomic E-state index is 3.52. The van der Waals surface area contributed by atoms with E-state index in [2.05, 4.69) is 66.8 Å². The van der Waals surface area contributed by atoms with Gasteiger partial charge in [-0.25, -0.2) is 0 Å². The molecular weight excluding hydrogens is 220 g/mol. The average molecular weight is 242 g/mol. The molecule has 2 aromatic carbocycles. The van der Waals surface area contributed by atoms with Crippen molar-refractivity contribution in [1.29, 1.82) is 0 Å². The fourth-order valence-electron chi connectivity index (χ4n) is 2.19. The zero-order chi connectivity index (χ0) is 12.8. The van der Waals surface area contributed by atoms with Crippen LogP contribution in [0.1, 0.15) is 12.0 Å². The van der Waals surface area contributed by atoms with Gasteiger partial charge in [-0.15, -0.1) is 0 Å². The second-order valence-corrected chi connectivity index (χ2v) is 4.97. The number of hydrogen-bond donors (Lipinski definition) is 1. The van der Waals surface area contributed by atoms with E-state index in [9.17, 15) is 0 Å². The van der Waals surface area contributed by atoms with Gasteiger partial charge in [-0.2, -0.15) is 0 Å². The van der Waals surface area contributed by atoms with Gasteiger partial charge in [0.15, 0.2) is 0 Å². The summed E-state index contributed by atoms with van der Waals surface area (Å²) >= 11 is 0. The average Bonchev–Trinajstić information content (AvgIpc) is 2.38. The predicted octanol–water partition coefficient (Wildman–Crippen LogP) is 2.88. The van der Waals surface area contributed by atoms with Crippen LogP contribution >= 0.6 is 0 Å². The van der Waals surface area contributed by atoms with E-state index in [0.29, 0.717) is 0 Å². The van der Waals surface area contributed by atoms with Gasteiger partial charge in [0.2, 0.25) is 0 Å². The van der Waals surface area contributed by atoms with Crippen molar-refractivity contribution in [2.75, 3.05) is 27.2 Å². The van der Waals surface area contributed by atoms with Crippen molar-refractivity contribution >= 4 is 10.8 Å². The lowest BCUT2D eigenvalue weighted by molar-refractivity contribution is 0.394. The van der Waals surface area contributed by atoms with E-state index in [1.807, 2.05) is 0 Å². The smallest absolute Gasteiger partial charge is 0.0211 e. The van der Waals surface area contributed by atoms with Gasteiger partial charge in [-0.1, -0.05) is 42.5 Å². The lowest BCUT2D eigenvalue weighted by atomic mass is 10.0. The van der Waals surface area contributed by atoms with E-state index >= 15 is 0 Å². The highest BCUT2D eigenvalue weighted by molar-refractivity contribution is 5.85. The predicted molar refractivity (Wildman–Crippen MR) is 78.8 cm³/mol. The zero-order valence-corrected chi connectivity index (χ0v) is 11.3. The van der Waals surface area contributed by atoms with Crippen molar-refractivity contribution in [2.45, 2.75) is 13.0 Å². The molecule has 2 rings (SSSR count). The summed E-state index contributed by atoms with van der Waals surface area (Å²) in [5.74, 6) is 0. The summed E-state index contributed by atoms with van der Waals surface area (Å²) in [6.07, 6.45) is 1.19. The van der Waals surface area contributed by atoms with Crippen LogP contribution in [-0.4, -0.2) is 32.1 Å². The van der Waals surface area contributed by atoms with Crippen LogP contribution in [0.15, 0.2) is 42.5 Å². The van der Waals surface area contributed by atoms with Crippen LogP contribution in [0.25, 0.3) is 10.8 Å². The summed E-state index contributed by atoms with van der Waals surface area (Å²) in [5, 5.41) is 6.21. The summed E-state index contributed by atoms with van der Waals surface area (Å²) < 4.78 is 0. The number of fused-ring (bicyclic) bond motifs is 1. The number of nitrogens with zero attached hydrogens (tertiary/aromatic N) is 1. The highest BCUT2D eigenvalue weighted by atomic mass is 15.0. The van der Waals surface area contributed by atoms with Gasteiger partial charge in [0.05, 0.1) is 0 Å². The van der Waals surface area contributed by atoms with Crippen molar-refractivity contribution < 1.29 is 0 Å². The van der Waals surface area contributed by atoms with Gasteiger partial charge < -0.3 is 10.2 Å². The summed E-state index contributed by atoms with van der Waals surface area (Å²) in [6.45, 7) is 3.17. The van der Waals surface area contributed by atoms with E-state index in [1.165, 1.54) is 22.8 Å². The maximum Gasteiger partial charge on any atom is 0.0211 e. The molecule has 0 heterocycles.